The Balaban J connectivity index is 2.29. The normalized spacial score (nSPS) is 17.2. The third-order valence-electron chi connectivity index (χ3n) is 3.46. The Morgan fingerprint density at radius 2 is 2.12 bits per heavy atom. The number of ether oxygens (including phenoxy) is 2. The average molecular weight is 328 g/mol. The molecular formula is C18H20N2O4. The maximum atomic E-state index is 12.2. The van der Waals surface area contributed by atoms with Crippen molar-refractivity contribution in [3.8, 4) is 5.75 Å². The van der Waals surface area contributed by atoms with E-state index in [0.29, 0.717) is 17.0 Å². The smallest absolute Gasteiger partial charge is 0.338 e. The zero-order valence-electron chi connectivity index (χ0n) is 13.7. The van der Waals surface area contributed by atoms with Crippen molar-refractivity contribution in [2.45, 2.75) is 13.0 Å². The lowest BCUT2D eigenvalue weighted by molar-refractivity contribution is -0.138. The van der Waals surface area contributed by atoms with E-state index in [0.717, 1.165) is 5.56 Å². The maximum Gasteiger partial charge on any atom is 0.338 e. The number of benzene rings is 1. The second-order valence-corrected chi connectivity index (χ2v) is 5.10. The van der Waals surface area contributed by atoms with E-state index in [1.807, 2.05) is 24.3 Å². The number of rotatable bonds is 6. The Kier molecular flexibility index (Phi) is 5.78. The Labute approximate surface area is 140 Å². The number of carbonyl (C=O) groups excluding carboxylic acids is 2. The highest BCUT2D eigenvalue weighted by Crippen LogP contribution is 2.21. The van der Waals surface area contributed by atoms with E-state index in [4.69, 9.17) is 9.47 Å². The molecule has 126 valence electrons. The van der Waals surface area contributed by atoms with Crippen molar-refractivity contribution in [1.29, 1.82) is 0 Å². The monoisotopic (exact) mass is 328 g/mol. The molecule has 2 amide bonds. The quantitative estimate of drug-likeness (QED) is 0.621. The minimum absolute atomic E-state index is 0.104. The van der Waals surface area contributed by atoms with Gasteiger partial charge in [-0.05, 0) is 13.0 Å². The molecule has 0 radical (unpaired) electrons. The van der Waals surface area contributed by atoms with Gasteiger partial charge in [0, 0.05) is 11.3 Å². The number of esters is 1. The molecule has 2 rings (SSSR count). The SMILES string of the molecule is C=CCOC(=O)C1=C(C)NC(=O)N[C@H]1/C=C/c1ccccc1OC. The van der Waals surface area contributed by atoms with E-state index >= 15 is 0 Å². The number of allylic oxidation sites excluding steroid dienone is 1. The van der Waals surface area contributed by atoms with E-state index in [-0.39, 0.29) is 12.6 Å². The van der Waals surface area contributed by atoms with E-state index in [1.54, 1.807) is 26.2 Å². The van der Waals surface area contributed by atoms with Gasteiger partial charge in [0.05, 0.1) is 18.7 Å². The first-order chi connectivity index (χ1) is 11.6. The van der Waals surface area contributed by atoms with Gasteiger partial charge in [-0.3, -0.25) is 0 Å². The van der Waals surface area contributed by atoms with Gasteiger partial charge in [-0.25, -0.2) is 9.59 Å². The summed E-state index contributed by atoms with van der Waals surface area (Å²) in [6.07, 6.45) is 5.01. The summed E-state index contributed by atoms with van der Waals surface area (Å²) < 4.78 is 10.4. The number of para-hydroxylation sites is 1. The average Bonchev–Trinajstić information content (AvgIpc) is 2.57. The molecule has 1 heterocycles. The number of nitrogens with one attached hydrogen (secondary N) is 2. The van der Waals surface area contributed by atoms with Crippen molar-refractivity contribution in [3.05, 3.63) is 59.8 Å². The molecule has 0 spiro atoms. The first-order valence-corrected chi connectivity index (χ1v) is 7.44. The summed E-state index contributed by atoms with van der Waals surface area (Å²) in [7, 11) is 1.58. The van der Waals surface area contributed by atoms with Crippen LogP contribution in [0, 0.1) is 0 Å². The molecule has 0 bridgehead atoms. The molecule has 6 heteroatoms. The van der Waals surface area contributed by atoms with Gasteiger partial charge in [0.25, 0.3) is 0 Å². The van der Waals surface area contributed by atoms with Gasteiger partial charge in [0.15, 0.2) is 0 Å². The molecule has 0 aromatic heterocycles. The van der Waals surface area contributed by atoms with Crippen LogP contribution in [0.15, 0.2) is 54.3 Å². The summed E-state index contributed by atoms with van der Waals surface area (Å²) in [5.74, 6) is 0.195. The van der Waals surface area contributed by atoms with E-state index in [1.165, 1.54) is 6.08 Å². The van der Waals surface area contributed by atoms with Gasteiger partial charge in [0.1, 0.15) is 12.4 Å². The number of urea groups is 1. The van der Waals surface area contributed by atoms with Crippen molar-refractivity contribution in [2.24, 2.45) is 0 Å². The third-order valence-corrected chi connectivity index (χ3v) is 3.46. The molecule has 0 saturated carbocycles. The van der Waals surface area contributed by atoms with Crippen LogP contribution in [0.2, 0.25) is 0 Å². The largest absolute Gasteiger partial charge is 0.496 e. The van der Waals surface area contributed by atoms with Crippen LogP contribution in [0.5, 0.6) is 5.75 Å². The highest BCUT2D eigenvalue weighted by atomic mass is 16.5. The van der Waals surface area contributed by atoms with Gasteiger partial charge < -0.3 is 20.1 Å². The fourth-order valence-electron chi connectivity index (χ4n) is 2.36. The first-order valence-electron chi connectivity index (χ1n) is 7.44. The van der Waals surface area contributed by atoms with Gasteiger partial charge in [0.2, 0.25) is 0 Å². The molecule has 1 atom stereocenters. The third kappa shape index (κ3) is 4.04. The Morgan fingerprint density at radius 1 is 1.38 bits per heavy atom. The summed E-state index contributed by atoms with van der Waals surface area (Å²) in [5, 5.41) is 5.28. The zero-order valence-corrected chi connectivity index (χ0v) is 13.7. The summed E-state index contributed by atoms with van der Waals surface area (Å²) in [6, 6.07) is 6.49. The minimum Gasteiger partial charge on any atom is -0.496 e. The summed E-state index contributed by atoms with van der Waals surface area (Å²) in [6.45, 7) is 5.28. The van der Waals surface area contributed by atoms with E-state index in [2.05, 4.69) is 17.2 Å². The Bertz CT molecular complexity index is 707. The Hall–Kier alpha value is -3.02. The molecule has 6 nitrogen and oxygen atoms in total. The maximum absolute atomic E-state index is 12.2. The molecule has 0 fully saturated rings. The van der Waals surface area contributed by atoms with Crippen molar-refractivity contribution < 1.29 is 19.1 Å². The minimum atomic E-state index is -0.596. The van der Waals surface area contributed by atoms with Gasteiger partial charge in [-0.1, -0.05) is 43.0 Å². The molecule has 0 unspecified atom stereocenters. The number of hydrogen-bond acceptors (Lipinski definition) is 4. The molecule has 1 aromatic rings. The highest BCUT2D eigenvalue weighted by Gasteiger charge is 2.29. The lowest BCUT2D eigenvalue weighted by Crippen LogP contribution is -2.49. The predicted octanol–water partition coefficient (Wildman–Crippen LogP) is 2.39. The molecule has 0 saturated heterocycles. The van der Waals surface area contributed by atoms with Crippen LogP contribution in [0.3, 0.4) is 0 Å². The lowest BCUT2D eigenvalue weighted by Gasteiger charge is -2.25. The first kappa shape index (κ1) is 17.3. The topological polar surface area (TPSA) is 76.7 Å². The van der Waals surface area contributed by atoms with Gasteiger partial charge in [-0.15, -0.1) is 0 Å². The predicted molar refractivity (Wildman–Crippen MR) is 91.3 cm³/mol. The van der Waals surface area contributed by atoms with Crippen LogP contribution >= 0.6 is 0 Å². The molecule has 1 aliphatic heterocycles. The zero-order chi connectivity index (χ0) is 17.5. The van der Waals surface area contributed by atoms with Crippen LogP contribution < -0.4 is 15.4 Å². The number of carbonyl (C=O) groups is 2. The Morgan fingerprint density at radius 3 is 2.83 bits per heavy atom. The fourth-order valence-corrected chi connectivity index (χ4v) is 2.36. The van der Waals surface area contributed by atoms with Crippen LogP contribution in [0.25, 0.3) is 6.08 Å². The van der Waals surface area contributed by atoms with Crippen molar-refractivity contribution >= 4 is 18.1 Å². The number of hydrogen-bond donors (Lipinski definition) is 2. The molecule has 24 heavy (non-hydrogen) atoms. The standard InChI is InChI=1S/C18H20N2O4/c1-4-11-24-17(21)16-12(2)19-18(22)20-14(16)10-9-13-7-5-6-8-15(13)23-3/h4-10,14H,1,11H2,2-3H3,(H2,19,20,22)/b10-9+/t14-/m0/s1. The number of amides is 2. The van der Waals surface area contributed by atoms with Crippen LogP contribution in [0.4, 0.5) is 4.79 Å². The summed E-state index contributed by atoms with van der Waals surface area (Å²) >= 11 is 0. The second kappa shape index (κ2) is 8.01. The van der Waals surface area contributed by atoms with Crippen molar-refractivity contribution in [3.63, 3.8) is 0 Å². The van der Waals surface area contributed by atoms with Crippen LogP contribution in [0.1, 0.15) is 12.5 Å². The van der Waals surface area contributed by atoms with E-state index in [9.17, 15) is 9.59 Å². The van der Waals surface area contributed by atoms with Crippen molar-refractivity contribution in [1.82, 2.24) is 10.6 Å². The molecule has 0 aliphatic carbocycles. The summed E-state index contributed by atoms with van der Waals surface area (Å²) in [4.78, 5) is 24.0. The second-order valence-electron chi connectivity index (χ2n) is 5.10. The lowest BCUT2D eigenvalue weighted by atomic mass is 10.0. The van der Waals surface area contributed by atoms with Crippen molar-refractivity contribution in [2.75, 3.05) is 13.7 Å². The van der Waals surface area contributed by atoms with E-state index < -0.39 is 12.0 Å². The highest BCUT2D eigenvalue weighted by molar-refractivity contribution is 5.95. The summed E-state index contributed by atoms with van der Waals surface area (Å²) in [5.41, 5.74) is 1.65. The fraction of sp³-hybridized carbons (Fsp3) is 0.222. The van der Waals surface area contributed by atoms with Gasteiger partial charge >= 0.3 is 12.0 Å². The molecule has 1 aromatic carbocycles. The molecule has 1 aliphatic rings. The van der Waals surface area contributed by atoms with Crippen LogP contribution in [-0.2, 0) is 9.53 Å². The molecular weight excluding hydrogens is 308 g/mol. The molecule has 2 N–H and O–H groups in total. The van der Waals surface area contributed by atoms with Crippen LogP contribution in [-0.4, -0.2) is 31.8 Å². The number of methoxy groups -OCH3 is 1. The van der Waals surface area contributed by atoms with Gasteiger partial charge in [-0.2, -0.15) is 0 Å².